The molecule has 3 aromatic rings. The first-order valence-corrected chi connectivity index (χ1v) is 7.45. The van der Waals surface area contributed by atoms with E-state index in [0.29, 0.717) is 10.6 Å². The number of hydrogen-bond acceptors (Lipinski definition) is 4. The summed E-state index contributed by atoms with van der Waals surface area (Å²) in [5.41, 5.74) is -0.211. The maximum Gasteiger partial charge on any atom is 0.320 e. The molecule has 0 aliphatic carbocycles. The smallest absolute Gasteiger partial charge is 0.320 e. The van der Waals surface area contributed by atoms with Gasteiger partial charge in [0.25, 0.3) is 5.91 Å². The number of H-pyrrole nitrogens is 1. The number of aromatic amines is 1. The molecule has 2 N–H and O–H groups in total. The van der Waals surface area contributed by atoms with Gasteiger partial charge in [0.2, 0.25) is 5.69 Å². The fourth-order valence-corrected chi connectivity index (χ4v) is 2.07. The van der Waals surface area contributed by atoms with Crippen LogP contribution in [0.15, 0.2) is 58.4 Å². The molecule has 0 radical (unpaired) electrons. The Morgan fingerprint density at radius 2 is 2.04 bits per heavy atom. The summed E-state index contributed by atoms with van der Waals surface area (Å²) in [5, 5.41) is 12.9. The lowest BCUT2D eigenvalue weighted by atomic mass is 10.2. The average Bonchev–Trinajstić information content (AvgIpc) is 2.95. The van der Waals surface area contributed by atoms with E-state index in [4.69, 9.17) is 11.6 Å². The number of carbonyl (C=O) groups excluding carboxylic acids is 1. The molecule has 0 unspecified atom stereocenters. The third-order valence-electron chi connectivity index (χ3n) is 3.14. The van der Waals surface area contributed by atoms with Gasteiger partial charge in [0.05, 0.1) is 6.21 Å². The Kier molecular flexibility index (Phi) is 4.71. The van der Waals surface area contributed by atoms with E-state index in [2.05, 4.69) is 20.7 Å². The van der Waals surface area contributed by atoms with Crippen molar-refractivity contribution in [2.75, 3.05) is 5.32 Å². The van der Waals surface area contributed by atoms with Crippen LogP contribution < -0.4 is 10.9 Å². The zero-order valence-electron chi connectivity index (χ0n) is 12.6. The first kappa shape index (κ1) is 16.6. The summed E-state index contributed by atoms with van der Waals surface area (Å²) in [6.07, 6.45) is 1.41. The van der Waals surface area contributed by atoms with Crippen molar-refractivity contribution in [2.45, 2.75) is 0 Å². The highest BCUT2D eigenvalue weighted by molar-refractivity contribution is 6.30. The zero-order valence-corrected chi connectivity index (χ0v) is 13.4. The highest BCUT2D eigenvalue weighted by atomic mass is 35.5. The number of nitrogens with zero attached hydrogens (tertiary/aromatic N) is 3. The highest BCUT2D eigenvalue weighted by Gasteiger charge is 2.16. The van der Waals surface area contributed by atoms with Gasteiger partial charge < -0.3 is 5.32 Å². The number of anilines is 1. The van der Waals surface area contributed by atoms with Gasteiger partial charge in [0, 0.05) is 10.7 Å². The van der Waals surface area contributed by atoms with Crippen LogP contribution in [0, 0.1) is 5.82 Å². The van der Waals surface area contributed by atoms with E-state index >= 15 is 0 Å². The Morgan fingerprint density at radius 1 is 1.28 bits per heavy atom. The zero-order chi connectivity index (χ0) is 17.8. The van der Waals surface area contributed by atoms with E-state index < -0.39 is 23.0 Å². The SMILES string of the molecule is O=C(Nc1cccc(F)c1)c1n[nH]n(N=Cc2ccc(Cl)cc2)c1=O. The number of amides is 1. The van der Waals surface area contributed by atoms with Crippen molar-refractivity contribution in [2.24, 2.45) is 5.10 Å². The second-order valence-electron chi connectivity index (χ2n) is 4.94. The molecule has 0 aliphatic heterocycles. The second kappa shape index (κ2) is 7.10. The lowest BCUT2D eigenvalue weighted by Crippen LogP contribution is -2.23. The third kappa shape index (κ3) is 3.99. The summed E-state index contributed by atoms with van der Waals surface area (Å²) in [7, 11) is 0. The molecule has 25 heavy (non-hydrogen) atoms. The number of rotatable bonds is 4. The maximum atomic E-state index is 13.1. The van der Waals surface area contributed by atoms with E-state index in [1.807, 2.05) is 0 Å². The van der Waals surface area contributed by atoms with Gasteiger partial charge in [-0.2, -0.15) is 10.3 Å². The Morgan fingerprint density at radius 3 is 2.76 bits per heavy atom. The normalized spacial score (nSPS) is 11.0. The Labute approximate surface area is 145 Å². The predicted octanol–water partition coefficient (Wildman–Crippen LogP) is 2.50. The molecule has 1 heterocycles. The van der Waals surface area contributed by atoms with Gasteiger partial charge in [-0.3, -0.25) is 9.59 Å². The van der Waals surface area contributed by atoms with E-state index in [1.54, 1.807) is 24.3 Å². The van der Waals surface area contributed by atoms with Crippen molar-refractivity contribution in [3.8, 4) is 0 Å². The molecule has 1 aromatic heterocycles. The number of hydrogen-bond donors (Lipinski definition) is 2. The van der Waals surface area contributed by atoms with E-state index in [0.717, 1.165) is 10.9 Å². The van der Waals surface area contributed by atoms with Gasteiger partial charge in [0.15, 0.2) is 0 Å². The van der Waals surface area contributed by atoms with Crippen LogP contribution in [0.1, 0.15) is 16.1 Å². The minimum Gasteiger partial charge on any atom is -0.320 e. The molecule has 0 bridgehead atoms. The molecule has 2 aromatic carbocycles. The summed E-state index contributed by atoms with van der Waals surface area (Å²) < 4.78 is 13.1. The number of nitrogens with one attached hydrogen (secondary N) is 2. The van der Waals surface area contributed by atoms with Gasteiger partial charge in [-0.15, -0.1) is 9.89 Å². The molecule has 7 nitrogen and oxygen atoms in total. The molecule has 0 atom stereocenters. The van der Waals surface area contributed by atoms with Crippen LogP contribution in [0.3, 0.4) is 0 Å². The maximum absolute atomic E-state index is 13.1. The van der Waals surface area contributed by atoms with Gasteiger partial charge >= 0.3 is 5.56 Å². The van der Waals surface area contributed by atoms with E-state index in [1.165, 1.54) is 24.4 Å². The van der Waals surface area contributed by atoms with Crippen molar-refractivity contribution < 1.29 is 9.18 Å². The first-order chi connectivity index (χ1) is 12.0. The van der Waals surface area contributed by atoms with Crippen molar-refractivity contribution in [3.05, 3.63) is 81.0 Å². The summed E-state index contributed by atoms with van der Waals surface area (Å²) in [4.78, 5) is 25.0. The molecule has 0 spiro atoms. The van der Waals surface area contributed by atoms with E-state index in [9.17, 15) is 14.0 Å². The molecule has 3 rings (SSSR count). The van der Waals surface area contributed by atoms with Crippen molar-refractivity contribution >= 4 is 29.4 Å². The molecular formula is C16H11ClFN5O2. The van der Waals surface area contributed by atoms with Crippen LogP contribution in [-0.4, -0.2) is 27.2 Å². The minimum absolute atomic E-state index is 0.212. The molecule has 0 fully saturated rings. The van der Waals surface area contributed by atoms with Crippen LogP contribution in [0.4, 0.5) is 10.1 Å². The van der Waals surface area contributed by atoms with Crippen molar-refractivity contribution in [1.29, 1.82) is 0 Å². The predicted molar refractivity (Wildman–Crippen MR) is 91.6 cm³/mol. The molecule has 1 amide bonds. The van der Waals surface area contributed by atoms with Crippen LogP contribution in [0.25, 0.3) is 0 Å². The lowest BCUT2D eigenvalue weighted by Gasteiger charge is -2.01. The lowest BCUT2D eigenvalue weighted by molar-refractivity contribution is 0.102. The Balaban J connectivity index is 1.77. The Hall–Kier alpha value is -3.26. The Bertz CT molecular complexity index is 994. The summed E-state index contributed by atoms with van der Waals surface area (Å²) >= 11 is 5.78. The van der Waals surface area contributed by atoms with Crippen LogP contribution in [0.2, 0.25) is 5.02 Å². The standard InChI is InChI=1S/C16H11ClFN5O2/c17-11-6-4-10(5-7-11)9-19-23-16(25)14(21-22-23)15(24)20-13-3-1-2-12(18)8-13/h1-9,22H,(H,20,24). The van der Waals surface area contributed by atoms with Gasteiger partial charge in [-0.1, -0.05) is 29.8 Å². The van der Waals surface area contributed by atoms with Crippen molar-refractivity contribution in [1.82, 2.24) is 15.1 Å². The molecular weight excluding hydrogens is 349 g/mol. The fourth-order valence-electron chi connectivity index (χ4n) is 1.95. The first-order valence-electron chi connectivity index (χ1n) is 7.07. The number of benzene rings is 2. The van der Waals surface area contributed by atoms with Crippen LogP contribution >= 0.6 is 11.6 Å². The summed E-state index contributed by atoms with van der Waals surface area (Å²) in [5.74, 6) is -1.28. The van der Waals surface area contributed by atoms with Crippen LogP contribution in [0.5, 0.6) is 0 Å². The average molecular weight is 360 g/mol. The number of carbonyl (C=O) groups is 1. The number of aromatic nitrogens is 3. The molecule has 0 saturated carbocycles. The summed E-state index contributed by atoms with van der Waals surface area (Å²) in [6, 6.07) is 12.1. The molecule has 126 valence electrons. The molecule has 0 aliphatic rings. The van der Waals surface area contributed by atoms with Gasteiger partial charge in [0.1, 0.15) is 5.82 Å². The quantitative estimate of drug-likeness (QED) is 0.701. The highest BCUT2D eigenvalue weighted by Crippen LogP contribution is 2.10. The molecule has 0 saturated heterocycles. The molecule has 9 heteroatoms. The number of halogens is 2. The van der Waals surface area contributed by atoms with Crippen molar-refractivity contribution in [3.63, 3.8) is 0 Å². The largest absolute Gasteiger partial charge is 0.320 e. The topological polar surface area (TPSA) is 92.1 Å². The van der Waals surface area contributed by atoms with E-state index in [-0.39, 0.29) is 5.69 Å². The second-order valence-corrected chi connectivity index (χ2v) is 5.37. The van der Waals surface area contributed by atoms with Gasteiger partial charge in [-0.25, -0.2) is 4.39 Å². The summed E-state index contributed by atoms with van der Waals surface area (Å²) in [6.45, 7) is 0. The minimum atomic E-state index is -0.771. The third-order valence-corrected chi connectivity index (χ3v) is 3.39. The monoisotopic (exact) mass is 359 g/mol. The van der Waals surface area contributed by atoms with Gasteiger partial charge in [-0.05, 0) is 35.9 Å². The van der Waals surface area contributed by atoms with Crippen LogP contribution in [-0.2, 0) is 0 Å². The fraction of sp³-hybridized carbons (Fsp3) is 0.